The summed E-state index contributed by atoms with van der Waals surface area (Å²) < 4.78 is 10.8. The molecule has 0 bridgehead atoms. The predicted octanol–water partition coefficient (Wildman–Crippen LogP) is 5.96. The highest BCUT2D eigenvalue weighted by atomic mass is 16.5. The SMILES string of the molecule is COc1c(C(C)C)cc(Nc2ncc(C)c(Nc3ccc4oc(=O)[nH]c4c3)n2)cc1C(C)C. The average molecular weight is 448 g/mol. The van der Waals surface area contributed by atoms with Gasteiger partial charge in [0, 0.05) is 23.1 Å². The third-order valence-electron chi connectivity index (χ3n) is 5.50. The van der Waals surface area contributed by atoms with E-state index in [4.69, 9.17) is 9.15 Å². The van der Waals surface area contributed by atoms with E-state index in [2.05, 4.69) is 65.4 Å². The van der Waals surface area contributed by atoms with Crippen molar-refractivity contribution in [2.24, 2.45) is 0 Å². The smallest absolute Gasteiger partial charge is 0.417 e. The highest BCUT2D eigenvalue weighted by Crippen LogP contribution is 2.38. The highest BCUT2D eigenvalue weighted by molar-refractivity contribution is 5.78. The van der Waals surface area contributed by atoms with Crippen molar-refractivity contribution in [2.75, 3.05) is 17.7 Å². The lowest BCUT2D eigenvalue weighted by molar-refractivity contribution is 0.400. The zero-order valence-corrected chi connectivity index (χ0v) is 19.7. The number of anilines is 4. The number of aromatic nitrogens is 3. The standard InChI is InChI=1S/C25H29N5O3/c1-13(2)18-9-17(10-19(14(3)4)22(18)32-6)28-24-26-12-15(5)23(30-24)27-16-7-8-21-20(11-16)29-25(31)33-21/h7-14H,1-6H3,(H,29,31)(H2,26,27,28,30). The van der Waals surface area contributed by atoms with E-state index in [1.807, 2.05) is 19.1 Å². The van der Waals surface area contributed by atoms with Crippen LogP contribution >= 0.6 is 0 Å². The number of H-pyrrole nitrogens is 1. The van der Waals surface area contributed by atoms with Crippen LogP contribution in [0.25, 0.3) is 11.1 Å². The van der Waals surface area contributed by atoms with Crippen molar-refractivity contribution in [3.05, 3.63) is 63.8 Å². The second-order valence-corrected chi connectivity index (χ2v) is 8.70. The zero-order valence-electron chi connectivity index (χ0n) is 19.7. The Balaban J connectivity index is 1.65. The molecule has 0 aliphatic heterocycles. The van der Waals surface area contributed by atoms with Crippen LogP contribution in [-0.2, 0) is 0 Å². The Morgan fingerprint density at radius 1 is 1.00 bits per heavy atom. The number of nitrogens with zero attached hydrogens (tertiary/aromatic N) is 2. The first-order valence-corrected chi connectivity index (χ1v) is 11.0. The molecule has 0 amide bonds. The number of fused-ring (bicyclic) bond motifs is 1. The Labute approximate surface area is 192 Å². The van der Waals surface area contributed by atoms with E-state index < -0.39 is 5.76 Å². The molecular weight excluding hydrogens is 418 g/mol. The van der Waals surface area contributed by atoms with E-state index in [0.29, 0.717) is 34.7 Å². The molecule has 4 rings (SSSR count). The number of oxazole rings is 1. The summed E-state index contributed by atoms with van der Waals surface area (Å²) >= 11 is 0. The summed E-state index contributed by atoms with van der Waals surface area (Å²) in [5.74, 6) is 2.22. The lowest BCUT2D eigenvalue weighted by Gasteiger charge is -2.20. The molecule has 2 aromatic heterocycles. The molecular formula is C25H29N5O3. The van der Waals surface area contributed by atoms with Crippen molar-refractivity contribution in [3.63, 3.8) is 0 Å². The van der Waals surface area contributed by atoms with E-state index in [1.54, 1.807) is 19.4 Å². The summed E-state index contributed by atoms with van der Waals surface area (Å²) in [7, 11) is 1.72. The molecule has 2 aromatic carbocycles. The second kappa shape index (κ2) is 8.97. The molecule has 0 radical (unpaired) electrons. The van der Waals surface area contributed by atoms with Gasteiger partial charge in [0.25, 0.3) is 0 Å². The summed E-state index contributed by atoms with van der Waals surface area (Å²) in [5, 5.41) is 6.65. The summed E-state index contributed by atoms with van der Waals surface area (Å²) in [4.78, 5) is 23.2. The van der Waals surface area contributed by atoms with Gasteiger partial charge in [0.2, 0.25) is 5.95 Å². The number of rotatable bonds is 7. The highest BCUT2D eigenvalue weighted by Gasteiger charge is 2.17. The van der Waals surface area contributed by atoms with Crippen LogP contribution in [0.3, 0.4) is 0 Å². The minimum atomic E-state index is -0.479. The summed E-state index contributed by atoms with van der Waals surface area (Å²) in [5.41, 5.74) is 5.99. The van der Waals surface area contributed by atoms with Gasteiger partial charge in [-0.05, 0) is 60.2 Å². The van der Waals surface area contributed by atoms with Gasteiger partial charge in [0.15, 0.2) is 5.58 Å². The van der Waals surface area contributed by atoms with Gasteiger partial charge in [-0.15, -0.1) is 0 Å². The van der Waals surface area contributed by atoms with Crippen molar-refractivity contribution in [2.45, 2.75) is 46.5 Å². The van der Waals surface area contributed by atoms with Crippen molar-refractivity contribution in [1.82, 2.24) is 15.0 Å². The molecule has 0 spiro atoms. The Bertz CT molecular complexity index is 1320. The molecule has 0 atom stereocenters. The van der Waals surface area contributed by atoms with Crippen LogP contribution in [-0.4, -0.2) is 22.1 Å². The molecule has 172 valence electrons. The normalized spacial score (nSPS) is 11.4. The minimum absolute atomic E-state index is 0.305. The van der Waals surface area contributed by atoms with Crippen LogP contribution in [0.1, 0.15) is 56.2 Å². The van der Waals surface area contributed by atoms with Crippen molar-refractivity contribution in [3.8, 4) is 5.75 Å². The predicted molar refractivity (Wildman–Crippen MR) is 131 cm³/mol. The molecule has 0 unspecified atom stereocenters. The molecule has 0 saturated carbocycles. The zero-order chi connectivity index (χ0) is 23.7. The number of hydrogen-bond acceptors (Lipinski definition) is 7. The minimum Gasteiger partial charge on any atom is -0.496 e. The number of hydrogen-bond donors (Lipinski definition) is 3. The van der Waals surface area contributed by atoms with Crippen molar-refractivity contribution >= 4 is 34.2 Å². The van der Waals surface area contributed by atoms with Gasteiger partial charge >= 0.3 is 5.76 Å². The fourth-order valence-corrected chi connectivity index (χ4v) is 3.76. The lowest BCUT2D eigenvalue weighted by atomic mass is 9.93. The van der Waals surface area contributed by atoms with Gasteiger partial charge in [-0.1, -0.05) is 27.7 Å². The van der Waals surface area contributed by atoms with Crippen molar-refractivity contribution in [1.29, 1.82) is 0 Å². The van der Waals surface area contributed by atoms with Gasteiger partial charge in [-0.25, -0.2) is 9.78 Å². The van der Waals surface area contributed by atoms with Crippen LogP contribution in [0.15, 0.2) is 45.7 Å². The maximum atomic E-state index is 11.4. The molecule has 0 aliphatic carbocycles. The van der Waals surface area contributed by atoms with Crippen LogP contribution in [0, 0.1) is 6.92 Å². The van der Waals surface area contributed by atoms with Gasteiger partial charge in [0.05, 0.1) is 12.6 Å². The Hall–Kier alpha value is -3.81. The van der Waals surface area contributed by atoms with Crippen LogP contribution in [0.5, 0.6) is 5.75 Å². The first kappa shape index (κ1) is 22.4. The van der Waals surface area contributed by atoms with Gasteiger partial charge in [-0.3, -0.25) is 4.98 Å². The number of benzene rings is 2. The molecule has 2 heterocycles. The topological polar surface area (TPSA) is 105 Å². The summed E-state index contributed by atoms with van der Waals surface area (Å²) in [6, 6.07) is 9.57. The Morgan fingerprint density at radius 3 is 2.33 bits per heavy atom. The molecule has 4 aromatic rings. The fraction of sp³-hybridized carbons (Fsp3) is 0.320. The molecule has 3 N–H and O–H groups in total. The maximum absolute atomic E-state index is 11.4. The third-order valence-corrected chi connectivity index (χ3v) is 5.50. The Kier molecular flexibility index (Phi) is 6.09. The van der Waals surface area contributed by atoms with Gasteiger partial charge in [-0.2, -0.15) is 4.98 Å². The first-order chi connectivity index (χ1) is 15.7. The van der Waals surface area contributed by atoms with E-state index in [0.717, 1.165) is 33.8 Å². The number of aromatic amines is 1. The van der Waals surface area contributed by atoms with Gasteiger partial charge in [0.1, 0.15) is 11.6 Å². The number of ether oxygens (including phenoxy) is 1. The summed E-state index contributed by atoms with van der Waals surface area (Å²) in [6.07, 6.45) is 1.77. The number of methoxy groups -OCH3 is 1. The van der Waals surface area contributed by atoms with E-state index >= 15 is 0 Å². The number of aryl methyl sites for hydroxylation is 1. The molecule has 8 heteroatoms. The fourth-order valence-electron chi connectivity index (χ4n) is 3.76. The quantitative estimate of drug-likeness (QED) is 0.321. The molecule has 33 heavy (non-hydrogen) atoms. The van der Waals surface area contributed by atoms with Crippen LogP contribution in [0.2, 0.25) is 0 Å². The molecule has 0 aliphatic rings. The van der Waals surface area contributed by atoms with Crippen LogP contribution in [0.4, 0.5) is 23.1 Å². The summed E-state index contributed by atoms with van der Waals surface area (Å²) in [6.45, 7) is 10.5. The first-order valence-electron chi connectivity index (χ1n) is 11.0. The number of nitrogens with one attached hydrogen (secondary N) is 3. The second-order valence-electron chi connectivity index (χ2n) is 8.70. The third kappa shape index (κ3) is 4.69. The Morgan fingerprint density at radius 2 is 1.70 bits per heavy atom. The molecule has 0 saturated heterocycles. The monoisotopic (exact) mass is 447 g/mol. The van der Waals surface area contributed by atoms with E-state index in [1.165, 1.54) is 0 Å². The molecule has 8 nitrogen and oxygen atoms in total. The van der Waals surface area contributed by atoms with E-state index in [9.17, 15) is 4.79 Å². The van der Waals surface area contributed by atoms with E-state index in [-0.39, 0.29) is 0 Å². The maximum Gasteiger partial charge on any atom is 0.417 e. The largest absolute Gasteiger partial charge is 0.496 e. The molecule has 0 fully saturated rings. The average Bonchev–Trinajstić information content (AvgIpc) is 3.14. The lowest BCUT2D eigenvalue weighted by Crippen LogP contribution is -2.06. The van der Waals surface area contributed by atoms with Crippen LogP contribution < -0.4 is 21.1 Å². The van der Waals surface area contributed by atoms with Gasteiger partial charge < -0.3 is 19.8 Å². The van der Waals surface area contributed by atoms with Crippen molar-refractivity contribution < 1.29 is 9.15 Å².